The highest BCUT2D eigenvalue weighted by Crippen LogP contribution is 2.11. The zero-order chi connectivity index (χ0) is 15.6. The number of Topliss-reactive ketones (excluding diaryl/α,β-unsaturated/α-hetero) is 1. The predicted octanol–water partition coefficient (Wildman–Crippen LogP) is -0.647. The van der Waals surface area contributed by atoms with Crippen molar-refractivity contribution in [2.75, 3.05) is 37.0 Å². The number of amides is 2. The van der Waals surface area contributed by atoms with Crippen molar-refractivity contribution >= 4 is 55.5 Å². The molecule has 0 atom stereocenters. The average Bonchev–Trinajstić information content (AvgIpc) is 2.42. The van der Waals surface area contributed by atoms with Crippen molar-refractivity contribution in [3.8, 4) is 0 Å². The molecule has 0 spiro atoms. The van der Waals surface area contributed by atoms with E-state index < -0.39 is 11.4 Å². The lowest BCUT2D eigenvalue weighted by Gasteiger charge is -2.30. The molecular formula is C11H20N2O4S3. The number of thiol groups is 3. The van der Waals surface area contributed by atoms with Gasteiger partial charge in [-0.3, -0.25) is 14.4 Å². The number of nitrogens with one attached hydrogen (secondary N) is 2. The second-order valence-electron chi connectivity index (χ2n) is 4.27. The highest BCUT2D eigenvalue weighted by atomic mass is 32.1. The van der Waals surface area contributed by atoms with E-state index >= 15 is 0 Å². The number of hydrogen-bond donors (Lipinski definition) is 5. The molecule has 0 unspecified atom stereocenters. The Hall–Kier alpha value is -0.380. The fraction of sp³-hybridized carbons (Fsp3) is 0.727. The van der Waals surface area contributed by atoms with Crippen molar-refractivity contribution in [3.63, 3.8) is 0 Å². The van der Waals surface area contributed by atoms with E-state index in [1.807, 2.05) is 0 Å². The largest absolute Gasteiger partial charge is 0.364 e. The number of ether oxygens (including phenoxy) is 1. The van der Waals surface area contributed by atoms with Gasteiger partial charge in [-0.1, -0.05) is 0 Å². The summed E-state index contributed by atoms with van der Waals surface area (Å²) in [6.07, 6.45) is 0. The Morgan fingerprint density at radius 3 is 2.00 bits per heavy atom. The third-order valence-corrected chi connectivity index (χ3v) is 4.11. The molecule has 0 aromatic heterocycles. The van der Waals surface area contributed by atoms with Gasteiger partial charge in [0.25, 0.3) is 0 Å². The predicted molar refractivity (Wildman–Crippen MR) is 86.9 cm³/mol. The van der Waals surface area contributed by atoms with Crippen LogP contribution in [0, 0.1) is 0 Å². The van der Waals surface area contributed by atoms with Gasteiger partial charge in [-0.15, -0.1) is 0 Å². The van der Waals surface area contributed by atoms with Crippen LogP contribution in [0.25, 0.3) is 0 Å². The van der Waals surface area contributed by atoms with Gasteiger partial charge in [0.15, 0.2) is 5.78 Å². The first kappa shape index (κ1) is 19.6. The van der Waals surface area contributed by atoms with Gasteiger partial charge < -0.3 is 15.4 Å². The molecule has 0 fully saturated rings. The van der Waals surface area contributed by atoms with E-state index in [0.717, 1.165) is 0 Å². The van der Waals surface area contributed by atoms with Gasteiger partial charge in [-0.2, -0.15) is 37.9 Å². The van der Waals surface area contributed by atoms with Crippen molar-refractivity contribution in [2.24, 2.45) is 0 Å². The van der Waals surface area contributed by atoms with Crippen LogP contribution < -0.4 is 10.6 Å². The molecule has 0 aromatic carbocycles. The molecule has 0 rings (SSSR count). The van der Waals surface area contributed by atoms with Crippen LogP contribution in [0.15, 0.2) is 0 Å². The highest BCUT2D eigenvalue weighted by molar-refractivity contribution is 7.82. The van der Waals surface area contributed by atoms with Crippen molar-refractivity contribution in [2.45, 2.75) is 12.5 Å². The number of ketones is 1. The van der Waals surface area contributed by atoms with Crippen molar-refractivity contribution in [3.05, 3.63) is 0 Å². The molecule has 0 saturated carbocycles. The highest BCUT2D eigenvalue weighted by Gasteiger charge is 2.27. The summed E-state index contributed by atoms with van der Waals surface area (Å²) < 4.78 is 4.82. The summed E-state index contributed by atoms with van der Waals surface area (Å²) >= 11 is 12.5. The van der Waals surface area contributed by atoms with Crippen LogP contribution in [0.4, 0.5) is 0 Å². The Bertz CT molecular complexity index is 340. The van der Waals surface area contributed by atoms with Crippen molar-refractivity contribution < 1.29 is 19.1 Å². The van der Waals surface area contributed by atoms with Gasteiger partial charge in [0.1, 0.15) is 13.2 Å². The number of carbonyl (C=O) groups excluding carboxylic acids is 3. The molecule has 2 amide bonds. The molecule has 0 radical (unpaired) electrons. The van der Waals surface area contributed by atoms with Crippen LogP contribution in [0.1, 0.15) is 6.92 Å². The maximum Gasteiger partial charge on any atom is 0.246 e. The van der Waals surface area contributed by atoms with Gasteiger partial charge in [-0.25, -0.2) is 0 Å². The van der Waals surface area contributed by atoms with Crippen LogP contribution in [0.2, 0.25) is 0 Å². The van der Waals surface area contributed by atoms with E-state index in [2.05, 4.69) is 48.5 Å². The minimum absolute atomic E-state index is 0.123. The van der Waals surface area contributed by atoms with E-state index in [9.17, 15) is 14.4 Å². The Morgan fingerprint density at radius 2 is 1.55 bits per heavy atom. The fourth-order valence-electron chi connectivity index (χ4n) is 1.13. The van der Waals surface area contributed by atoms with Gasteiger partial charge in [0, 0.05) is 17.3 Å². The van der Waals surface area contributed by atoms with E-state index in [1.165, 1.54) is 6.92 Å². The molecule has 0 bridgehead atoms. The summed E-state index contributed by atoms with van der Waals surface area (Å²) in [5, 5.41) is 5.12. The lowest BCUT2D eigenvalue weighted by atomic mass is 10.1. The van der Waals surface area contributed by atoms with E-state index in [0.29, 0.717) is 17.3 Å². The van der Waals surface area contributed by atoms with Crippen LogP contribution in [0.3, 0.4) is 0 Å². The molecule has 2 N–H and O–H groups in total. The number of carbonyl (C=O) groups is 3. The normalized spacial score (nSPS) is 11.0. The molecule has 0 saturated heterocycles. The third-order valence-electron chi connectivity index (χ3n) is 2.30. The smallest absolute Gasteiger partial charge is 0.246 e. The maximum atomic E-state index is 11.7. The quantitative estimate of drug-likeness (QED) is 0.342. The topological polar surface area (TPSA) is 84.5 Å². The fourth-order valence-corrected chi connectivity index (χ4v) is 2.56. The van der Waals surface area contributed by atoms with Gasteiger partial charge in [0.05, 0.1) is 12.1 Å². The lowest BCUT2D eigenvalue weighted by molar-refractivity contribution is -0.131. The molecule has 0 aliphatic heterocycles. The van der Waals surface area contributed by atoms with Crippen LogP contribution in [-0.2, 0) is 19.1 Å². The molecule has 0 aromatic rings. The van der Waals surface area contributed by atoms with Gasteiger partial charge in [0.2, 0.25) is 11.8 Å². The van der Waals surface area contributed by atoms with Crippen LogP contribution >= 0.6 is 37.9 Å². The zero-order valence-corrected chi connectivity index (χ0v) is 13.9. The Labute approximate surface area is 135 Å². The van der Waals surface area contributed by atoms with Crippen molar-refractivity contribution in [1.82, 2.24) is 10.6 Å². The third kappa shape index (κ3) is 8.03. The van der Waals surface area contributed by atoms with E-state index in [4.69, 9.17) is 4.74 Å². The number of rotatable bonds is 10. The second kappa shape index (κ2) is 10.4. The Morgan fingerprint density at radius 1 is 1.00 bits per heavy atom. The maximum absolute atomic E-state index is 11.7. The molecular weight excluding hydrogens is 320 g/mol. The molecule has 116 valence electrons. The summed E-state index contributed by atoms with van der Waals surface area (Å²) in [5.41, 5.74) is -0.609. The zero-order valence-electron chi connectivity index (χ0n) is 11.2. The lowest BCUT2D eigenvalue weighted by Crippen LogP contribution is -2.55. The molecule has 6 nitrogen and oxygen atoms in total. The molecule has 20 heavy (non-hydrogen) atoms. The first-order valence-corrected chi connectivity index (χ1v) is 7.76. The summed E-state index contributed by atoms with van der Waals surface area (Å²) in [6, 6.07) is 0. The molecule has 0 aliphatic carbocycles. The first-order valence-electron chi connectivity index (χ1n) is 5.86. The second-order valence-corrected chi connectivity index (χ2v) is 5.22. The van der Waals surface area contributed by atoms with Crippen LogP contribution in [-0.4, -0.2) is 60.2 Å². The standard InChI is InChI=1S/C11H20N2O4S3/c1-8(14)3-17-4-10(16)12-2-9(15)13-11(5-18,6-19)7-20/h18-20H,2-7H2,1H3,(H,12,16)(H,13,15). The molecule has 0 heterocycles. The van der Waals surface area contributed by atoms with Crippen LogP contribution in [0.5, 0.6) is 0 Å². The van der Waals surface area contributed by atoms with Crippen molar-refractivity contribution in [1.29, 1.82) is 0 Å². The average molecular weight is 340 g/mol. The Balaban J connectivity index is 4.03. The number of hydrogen-bond acceptors (Lipinski definition) is 7. The molecule has 9 heteroatoms. The summed E-state index contributed by atoms with van der Waals surface area (Å²) in [7, 11) is 0. The summed E-state index contributed by atoms with van der Waals surface area (Å²) in [6.45, 7) is 0.794. The molecule has 0 aliphatic rings. The SMILES string of the molecule is CC(=O)COCC(=O)NCC(=O)NC(CS)(CS)CS. The van der Waals surface area contributed by atoms with E-state index in [-0.39, 0.29) is 31.4 Å². The summed E-state index contributed by atoms with van der Waals surface area (Å²) in [4.78, 5) is 33.6. The van der Waals surface area contributed by atoms with Gasteiger partial charge in [-0.05, 0) is 6.92 Å². The minimum atomic E-state index is -0.609. The first-order chi connectivity index (χ1) is 9.39. The Kier molecular flexibility index (Phi) is 10.2. The van der Waals surface area contributed by atoms with Gasteiger partial charge >= 0.3 is 0 Å². The summed E-state index contributed by atoms with van der Waals surface area (Å²) in [5.74, 6) is 0.179. The minimum Gasteiger partial charge on any atom is -0.364 e. The monoisotopic (exact) mass is 340 g/mol. The van der Waals surface area contributed by atoms with E-state index in [1.54, 1.807) is 0 Å².